The predicted molar refractivity (Wildman–Crippen MR) is 124 cm³/mol. The molecule has 0 spiro atoms. The maximum absolute atomic E-state index is 15.0. The first-order valence-electron chi connectivity index (χ1n) is 11.2. The van der Waals surface area contributed by atoms with Crippen molar-refractivity contribution in [2.75, 3.05) is 19.6 Å². The molecule has 0 aromatic heterocycles. The summed E-state index contributed by atoms with van der Waals surface area (Å²) in [6, 6.07) is 4.85. The molecule has 0 saturated carbocycles. The number of hydrogen-bond donors (Lipinski definition) is 2. The molecule has 0 fully saturated rings. The second-order valence-corrected chi connectivity index (χ2v) is 7.78. The first-order chi connectivity index (χ1) is 15.8. The Morgan fingerprint density at radius 2 is 1.82 bits per heavy atom. The van der Waals surface area contributed by atoms with Gasteiger partial charge in [-0.15, -0.1) is 0 Å². The van der Waals surface area contributed by atoms with Crippen molar-refractivity contribution in [2.45, 2.75) is 46.6 Å². The van der Waals surface area contributed by atoms with Gasteiger partial charge < -0.3 is 15.4 Å². The van der Waals surface area contributed by atoms with E-state index < -0.39 is 17.9 Å². The highest BCUT2D eigenvalue weighted by atomic mass is 19.1. The van der Waals surface area contributed by atoms with E-state index in [-0.39, 0.29) is 36.3 Å². The van der Waals surface area contributed by atoms with E-state index in [0.29, 0.717) is 37.9 Å². The van der Waals surface area contributed by atoms with Crippen LogP contribution in [0.5, 0.6) is 0 Å². The lowest BCUT2D eigenvalue weighted by Crippen LogP contribution is -2.50. The minimum atomic E-state index is -0.626. The third-order valence-corrected chi connectivity index (χ3v) is 5.00. The standard InChI is InChI=1S/C24H32F2N4O3/c1-4-11-27-23(31)30(24(32)28-12-5-2)15-20-17(3)9-10-22(29-14-21(20)26)33-16-18-7-6-8-19(25)13-18/h6-8,10,13-14,17H,4-5,9,11-12,15-16H2,1-3H3,(H,27,31)(H,28,32). The van der Waals surface area contributed by atoms with Crippen molar-refractivity contribution in [1.82, 2.24) is 15.5 Å². The summed E-state index contributed by atoms with van der Waals surface area (Å²) >= 11 is 0. The first kappa shape index (κ1) is 26.0. The minimum Gasteiger partial charge on any atom is -0.473 e. The van der Waals surface area contributed by atoms with E-state index in [2.05, 4.69) is 15.6 Å². The topological polar surface area (TPSA) is 83.0 Å². The van der Waals surface area contributed by atoms with Crippen LogP contribution < -0.4 is 10.6 Å². The number of halogens is 2. The maximum atomic E-state index is 15.0. The summed E-state index contributed by atoms with van der Waals surface area (Å²) in [7, 11) is 0. The Hall–Kier alpha value is -3.23. The predicted octanol–water partition coefficient (Wildman–Crippen LogP) is 5.06. The third kappa shape index (κ3) is 8.32. The smallest absolute Gasteiger partial charge is 0.325 e. The molecule has 1 unspecified atom stereocenters. The van der Waals surface area contributed by atoms with Crippen LogP contribution in [0, 0.1) is 11.7 Å². The molecule has 180 valence electrons. The van der Waals surface area contributed by atoms with Crippen LogP contribution in [0.3, 0.4) is 0 Å². The fourth-order valence-electron chi connectivity index (χ4n) is 3.08. The van der Waals surface area contributed by atoms with Gasteiger partial charge in [0.1, 0.15) is 18.3 Å². The van der Waals surface area contributed by atoms with E-state index in [1.165, 1.54) is 12.1 Å². The summed E-state index contributed by atoms with van der Waals surface area (Å²) in [5, 5.41) is 5.34. The Bertz CT molecular complexity index is 895. The summed E-state index contributed by atoms with van der Waals surface area (Å²) in [5.41, 5.74) is 0.919. The number of amides is 4. The van der Waals surface area contributed by atoms with Gasteiger partial charge in [0.2, 0.25) is 5.88 Å². The number of allylic oxidation sites excluding steroid dienone is 2. The monoisotopic (exact) mass is 462 g/mol. The van der Waals surface area contributed by atoms with Crippen molar-refractivity contribution < 1.29 is 23.1 Å². The lowest BCUT2D eigenvalue weighted by atomic mass is 9.95. The van der Waals surface area contributed by atoms with Crippen LogP contribution in [-0.4, -0.2) is 42.8 Å². The van der Waals surface area contributed by atoms with Gasteiger partial charge in [0, 0.05) is 13.1 Å². The van der Waals surface area contributed by atoms with Crippen LogP contribution in [0.4, 0.5) is 18.4 Å². The van der Waals surface area contributed by atoms with Gasteiger partial charge >= 0.3 is 12.1 Å². The summed E-state index contributed by atoms with van der Waals surface area (Å²) in [6.45, 7) is 6.32. The van der Waals surface area contributed by atoms with E-state index in [1.807, 2.05) is 13.8 Å². The zero-order chi connectivity index (χ0) is 24.2. The molecule has 0 saturated heterocycles. The fraction of sp³-hybridized carbons (Fsp3) is 0.458. The van der Waals surface area contributed by atoms with Gasteiger partial charge in [-0.05, 0) is 54.5 Å². The summed E-state index contributed by atoms with van der Waals surface area (Å²) in [6.07, 6.45) is 4.54. The molecular formula is C24H32F2N4O3. The molecule has 4 amide bonds. The second-order valence-electron chi connectivity index (χ2n) is 7.78. The number of nitrogens with zero attached hydrogens (tertiary/aromatic N) is 2. The Morgan fingerprint density at radius 3 is 2.42 bits per heavy atom. The number of imide groups is 1. The van der Waals surface area contributed by atoms with E-state index >= 15 is 4.39 Å². The molecule has 7 nitrogen and oxygen atoms in total. The molecule has 1 aromatic rings. The molecule has 9 heteroatoms. The number of benzene rings is 1. The number of ether oxygens (including phenoxy) is 1. The Balaban J connectivity index is 2.15. The molecule has 1 aliphatic heterocycles. The molecule has 1 aliphatic rings. The van der Waals surface area contributed by atoms with Crippen molar-refractivity contribution in [3.8, 4) is 0 Å². The van der Waals surface area contributed by atoms with Crippen LogP contribution in [0.15, 0.2) is 52.6 Å². The number of aliphatic imine (C=N–C) groups is 1. The van der Waals surface area contributed by atoms with Crippen LogP contribution in [0.2, 0.25) is 0 Å². The van der Waals surface area contributed by atoms with Crippen molar-refractivity contribution in [2.24, 2.45) is 10.9 Å². The largest absolute Gasteiger partial charge is 0.473 e. The summed E-state index contributed by atoms with van der Waals surface area (Å²) in [4.78, 5) is 30.2. The average Bonchev–Trinajstić information content (AvgIpc) is 2.80. The van der Waals surface area contributed by atoms with E-state index in [4.69, 9.17) is 4.74 Å². The number of carbonyl (C=O) groups is 2. The third-order valence-electron chi connectivity index (χ3n) is 5.00. The van der Waals surface area contributed by atoms with Crippen molar-refractivity contribution >= 4 is 18.3 Å². The van der Waals surface area contributed by atoms with Gasteiger partial charge in [-0.1, -0.05) is 32.9 Å². The normalized spacial score (nSPS) is 15.9. The zero-order valence-corrected chi connectivity index (χ0v) is 19.4. The van der Waals surface area contributed by atoms with Gasteiger partial charge in [0.05, 0.1) is 12.8 Å². The van der Waals surface area contributed by atoms with Crippen molar-refractivity contribution in [1.29, 1.82) is 0 Å². The SMILES string of the molecule is CCCNC(=O)N(CC1=C(F)C=NC(OCc2cccc(F)c2)=CCC1C)C(=O)NCCC. The Morgan fingerprint density at radius 1 is 1.15 bits per heavy atom. The van der Waals surface area contributed by atoms with Crippen LogP contribution in [-0.2, 0) is 11.3 Å². The van der Waals surface area contributed by atoms with Gasteiger partial charge in [-0.3, -0.25) is 0 Å². The number of carbonyl (C=O) groups excluding carboxylic acids is 2. The molecule has 0 radical (unpaired) electrons. The summed E-state index contributed by atoms with van der Waals surface area (Å²) < 4.78 is 34.0. The number of hydrogen-bond acceptors (Lipinski definition) is 4. The highest BCUT2D eigenvalue weighted by Gasteiger charge is 2.26. The Labute approximate surface area is 193 Å². The number of urea groups is 2. The highest BCUT2D eigenvalue weighted by Crippen LogP contribution is 2.25. The van der Waals surface area contributed by atoms with E-state index in [1.54, 1.807) is 25.1 Å². The molecule has 2 N–H and O–H groups in total. The molecule has 1 heterocycles. The van der Waals surface area contributed by atoms with E-state index in [9.17, 15) is 14.0 Å². The minimum absolute atomic E-state index is 0.0937. The first-order valence-corrected chi connectivity index (χ1v) is 11.2. The average molecular weight is 463 g/mol. The Kier molecular flexibility index (Phi) is 10.5. The molecule has 1 atom stereocenters. The van der Waals surface area contributed by atoms with Gasteiger partial charge in [0.25, 0.3) is 0 Å². The lowest BCUT2D eigenvalue weighted by Gasteiger charge is -2.26. The molecular weight excluding hydrogens is 430 g/mol. The lowest BCUT2D eigenvalue weighted by molar-refractivity contribution is 0.187. The number of nitrogens with one attached hydrogen (secondary N) is 2. The molecule has 1 aromatic carbocycles. The number of rotatable bonds is 9. The molecule has 0 bridgehead atoms. The van der Waals surface area contributed by atoms with Gasteiger partial charge in [0.15, 0.2) is 0 Å². The van der Waals surface area contributed by atoms with Crippen LogP contribution in [0.1, 0.15) is 45.6 Å². The molecule has 33 heavy (non-hydrogen) atoms. The van der Waals surface area contributed by atoms with Crippen LogP contribution >= 0.6 is 0 Å². The van der Waals surface area contributed by atoms with E-state index in [0.717, 1.165) is 11.1 Å². The molecule has 2 rings (SSSR count). The summed E-state index contributed by atoms with van der Waals surface area (Å²) in [5.74, 6) is -1.09. The molecule has 0 aliphatic carbocycles. The zero-order valence-electron chi connectivity index (χ0n) is 19.4. The van der Waals surface area contributed by atoms with Crippen molar-refractivity contribution in [3.63, 3.8) is 0 Å². The second kappa shape index (κ2) is 13.3. The van der Waals surface area contributed by atoms with Crippen molar-refractivity contribution in [3.05, 3.63) is 59.0 Å². The van der Waals surface area contributed by atoms with Gasteiger partial charge in [-0.2, -0.15) is 0 Å². The fourth-order valence-corrected chi connectivity index (χ4v) is 3.08. The highest BCUT2D eigenvalue weighted by molar-refractivity contribution is 5.94. The quantitative estimate of drug-likeness (QED) is 0.538. The van der Waals surface area contributed by atoms with Gasteiger partial charge in [-0.25, -0.2) is 28.3 Å². The maximum Gasteiger partial charge on any atom is 0.325 e. The van der Waals surface area contributed by atoms with Crippen LogP contribution in [0.25, 0.3) is 0 Å².